The monoisotopic (exact) mass is 272 g/mol. The molecule has 6 heteroatoms. The Morgan fingerprint density at radius 2 is 2.05 bits per heavy atom. The number of rotatable bonds is 4. The van der Waals surface area contributed by atoms with Crippen LogP contribution < -0.4 is 20.5 Å². The van der Waals surface area contributed by atoms with E-state index >= 15 is 0 Å². The van der Waals surface area contributed by atoms with Gasteiger partial charge >= 0.3 is 0 Å². The minimum atomic E-state index is 0.269. The average molecular weight is 272 g/mol. The normalized spacial score (nSPS) is 12.5. The Morgan fingerprint density at radius 3 is 2.90 bits per heavy atom. The van der Waals surface area contributed by atoms with Crippen molar-refractivity contribution < 1.29 is 9.47 Å². The van der Waals surface area contributed by atoms with Crippen molar-refractivity contribution >= 4 is 5.95 Å². The molecule has 0 saturated heterocycles. The highest BCUT2D eigenvalue weighted by Gasteiger charge is 2.14. The maximum atomic E-state index is 5.48. The van der Waals surface area contributed by atoms with Gasteiger partial charge in [0.15, 0.2) is 11.5 Å². The standard InChI is InChI=1S/C14H16N4O2/c1-9-6-11(18-14(17-9)16-5-4-15)10-2-3-12-13(7-10)20-8-19-12/h2-3,6-7H,4-5,8,15H2,1H3,(H,16,17,18). The summed E-state index contributed by atoms with van der Waals surface area (Å²) in [5.74, 6) is 2.10. The first kappa shape index (κ1) is 12.7. The lowest BCUT2D eigenvalue weighted by atomic mass is 10.1. The SMILES string of the molecule is Cc1cc(-c2ccc3c(c2)OCO3)nc(NCCN)n1. The summed E-state index contributed by atoms with van der Waals surface area (Å²) in [6.07, 6.45) is 0. The van der Waals surface area contributed by atoms with E-state index in [-0.39, 0.29) is 6.79 Å². The summed E-state index contributed by atoms with van der Waals surface area (Å²) < 4.78 is 10.7. The van der Waals surface area contributed by atoms with E-state index in [2.05, 4.69) is 15.3 Å². The molecule has 0 atom stereocenters. The average Bonchev–Trinajstić information content (AvgIpc) is 2.92. The predicted molar refractivity (Wildman–Crippen MR) is 75.9 cm³/mol. The van der Waals surface area contributed by atoms with Gasteiger partial charge in [-0.15, -0.1) is 0 Å². The van der Waals surface area contributed by atoms with Crippen LogP contribution in [0.15, 0.2) is 24.3 Å². The van der Waals surface area contributed by atoms with E-state index in [0.29, 0.717) is 19.0 Å². The van der Waals surface area contributed by atoms with E-state index in [4.69, 9.17) is 15.2 Å². The zero-order valence-electron chi connectivity index (χ0n) is 11.2. The van der Waals surface area contributed by atoms with Crippen LogP contribution in [0.3, 0.4) is 0 Å². The molecule has 0 amide bonds. The molecule has 1 aliphatic rings. The van der Waals surface area contributed by atoms with Gasteiger partial charge in [0.2, 0.25) is 12.7 Å². The number of benzene rings is 1. The number of aryl methyl sites for hydroxylation is 1. The molecule has 2 heterocycles. The zero-order chi connectivity index (χ0) is 13.9. The summed E-state index contributed by atoms with van der Waals surface area (Å²) in [7, 11) is 0. The fraction of sp³-hybridized carbons (Fsp3) is 0.286. The molecule has 0 saturated carbocycles. The Bertz CT molecular complexity index is 631. The van der Waals surface area contributed by atoms with Gasteiger partial charge in [-0.05, 0) is 31.2 Å². The van der Waals surface area contributed by atoms with Crippen molar-refractivity contribution in [2.45, 2.75) is 6.92 Å². The molecule has 104 valence electrons. The third-order valence-electron chi connectivity index (χ3n) is 2.95. The Kier molecular flexibility index (Phi) is 3.39. The number of nitrogens with zero attached hydrogens (tertiary/aromatic N) is 2. The van der Waals surface area contributed by atoms with Crippen molar-refractivity contribution in [3.63, 3.8) is 0 Å². The van der Waals surface area contributed by atoms with E-state index in [1.54, 1.807) is 0 Å². The van der Waals surface area contributed by atoms with Gasteiger partial charge in [-0.25, -0.2) is 9.97 Å². The van der Waals surface area contributed by atoms with Crippen molar-refractivity contribution in [3.05, 3.63) is 30.0 Å². The quantitative estimate of drug-likeness (QED) is 0.878. The second-order valence-corrected chi connectivity index (χ2v) is 4.50. The predicted octanol–water partition coefficient (Wildman–Crippen LogP) is 1.55. The number of hydrogen-bond donors (Lipinski definition) is 2. The van der Waals surface area contributed by atoms with Gasteiger partial charge in [-0.3, -0.25) is 0 Å². The van der Waals surface area contributed by atoms with Crippen LogP contribution in [0, 0.1) is 6.92 Å². The van der Waals surface area contributed by atoms with Crippen LogP contribution in [-0.2, 0) is 0 Å². The topological polar surface area (TPSA) is 82.3 Å². The lowest BCUT2D eigenvalue weighted by Crippen LogP contribution is -2.15. The summed E-state index contributed by atoms with van der Waals surface area (Å²) >= 11 is 0. The molecule has 1 aromatic carbocycles. The Hall–Kier alpha value is -2.34. The van der Waals surface area contributed by atoms with Gasteiger partial charge in [0, 0.05) is 24.3 Å². The first-order valence-electron chi connectivity index (χ1n) is 6.46. The molecular weight excluding hydrogens is 256 g/mol. The highest BCUT2D eigenvalue weighted by Crippen LogP contribution is 2.35. The molecule has 3 N–H and O–H groups in total. The molecule has 0 aliphatic carbocycles. The van der Waals surface area contributed by atoms with Crippen LogP contribution in [0.1, 0.15) is 5.69 Å². The molecule has 0 spiro atoms. The number of fused-ring (bicyclic) bond motifs is 1. The fourth-order valence-electron chi connectivity index (χ4n) is 2.04. The van der Waals surface area contributed by atoms with Crippen LogP contribution >= 0.6 is 0 Å². The summed E-state index contributed by atoms with van der Waals surface area (Å²) in [6.45, 7) is 3.39. The van der Waals surface area contributed by atoms with Crippen molar-refractivity contribution in [1.82, 2.24) is 9.97 Å². The van der Waals surface area contributed by atoms with Crippen LogP contribution in [-0.4, -0.2) is 29.9 Å². The molecule has 1 aliphatic heterocycles. The van der Waals surface area contributed by atoms with Gasteiger partial charge in [-0.1, -0.05) is 0 Å². The van der Waals surface area contributed by atoms with Crippen molar-refractivity contribution in [3.8, 4) is 22.8 Å². The highest BCUT2D eigenvalue weighted by atomic mass is 16.7. The zero-order valence-corrected chi connectivity index (χ0v) is 11.2. The molecule has 1 aromatic heterocycles. The summed E-state index contributed by atoms with van der Waals surface area (Å²) in [5.41, 5.74) is 8.18. The summed E-state index contributed by atoms with van der Waals surface area (Å²) in [6, 6.07) is 7.71. The minimum absolute atomic E-state index is 0.269. The van der Waals surface area contributed by atoms with Crippen LogP contribution in [0.25, 0.3) is 11.3 Å². The number of ether oxygens (including phenoxy) is 2. The third kappa shape index (κ3) is 2.50. The lowest BCUT2D eigenvalue weighted by Gasteiger charge is -2.08. The Morgan fingerprint density at radius 1 is 1.20 bits per heavy atom. The van der Waals surface area contributed by atoms with Gasteiger partial charge in [0.05, 0.1) is 5.69 Å². The van der Waals surface area contributed by atoms with E-state index < -0.39 is 0 Å². The highest BCUT2D eigenvalue weighted by molar-refractivity contribution is 5.65. The second kappa shape index (κ2) is 5.34. The lowest BCUT2D eigenvalue weighted by molar-refractivity contribution is 0.174. The molecule has 6 nitrogen and oxygen atoms in total. The number of anilines is 1. The maximum Gasteiger partial charge on any atom is 0.231 e. The second-order valence-electron chi connectivity index (χ2n) is 4.50. The molecule has 0 radical (unpaired) electrons. The van der Waals surface area contributed by atoms with Crippen LogP contribution in [0.5, 0.6) is 11.5 Å². The van der Waals surface area contributed by atoms with E-state index in [1.165, 1.54) is 0 Å². The maximum absolute atomic E-state index is 5.48. The molecule has 0 bridgehead atoms. The molecule has 0 fully saturated rings. The first-order valence-corrected chi connectivity index (χ1v) is 6.46. The van der Waals surface area contributed by atoms with Crippen molar-refractivity contribution in [1.29, 1.82) is 0 Å². The Balaban J connectivity index is 1.94. The molecule has 2 aromatic rings. The van der Waals surface area contributed by atoms with Crippen molar-refractivity contribution in [2.24, 2.45) is 5.73 Å². The minimum Gasteiger partial charge on any atom is -0.454 e. The fourth-order valence-corrected chi connectivity index (χ4v) is 2.04. The van der Waals surface area contributed by atoms with Gasteiger partial charge in [0.25, 0.3) is 0 Å². The molecule has 3 rings (SSSR count). The number of nitrogens with one attached hydrogen (secondary N) is 1. The van der Waals surface area contributed by atoms with Crippen LogP contribution in [0.2, 0.25) is 0 Å². The van der Waals surface area contributed by atoms with E-state index in [9.17, 15) is 0 Å². The van der Waals surface area contributed by atoms with E-state index in [1.807, 2.05) is 31.2 Å². The number of aromatic nitrogens is 2. The number of nitrogens with two attached hydrogens (primary N) is 1. The molecule has 20 heavy (non-hydrogen) atoms. The smallest absolute Gasteiger partial charge is 0.231 e. The van der Waals surface area contributed by atoms with Crippen LogP contribution in [0.4, 0.5) is 5.95 Å². The first-order chi connectivity index (χ1) is 9.76. The van der Waals surface area contributed by atoms with Gasteiger partial charge in [-0.2, -0.15) is 0 Å². The Labute approximate surface area is 116 Å². The molecule has 0 unspecified atom stereocenters. The largest absolute Gasteiger partial charge is 0.454 e. The third-order valence-corrected chi connectivity index (χ3v) is 2.95. The summed E-state index contributed by atoms with van der Waals surface area (Å²) in [5, 5.41) is 3.09. The van der Waals surface area contributed by atoms with Crippen molar-refractivity contribution in [2.75, 3.05) is 25.2 Å². The number of hydrogen-bond acceptors (Lipinski definition) is 6. The van der Waals surface area contributed by atoms with Gasteiger partial charge < -0.3 is 20.5 Å². The van der Waals surface area contributed by atoms with Gasteiger partial charge in [0.1, 0.15) is 0 Å². The summed E-state index contributed by atoms with van der Waals surface area (Å²) in [4.78, 5) is 8.83. The molecular formula is C14H16N4O2. The van der Waals surface area contributed by atoms with E-state index in [0.717, 1.165) is 28.5 Å².